The number of halogens is 1. The lowest BCUT2D eigenvalue weighted by atomic mass is 10.1. The summed E-state index contributed by atoms with van der Waals surface area (Å²) in [6, 6.07) is 3.09. The van der Waals surface area contributed by atoms with Gasteiger partial charge >= 0.3 is 18.0 Å². The molecule has 4 N–H and O–H groups in total. The zero-order chi connectivity index (χ0) is 15.1. The molecule has 1 aromatic carbocycles. The number of urea groups is 1. The van der Waals surface area contributed by atoms with Crippen molar-refractivity contribution >= 4 is 23.7 Å². The molecular formula is C12H13FN2O5. The monoisotopic (exact) mass is 284 g/mol. The number of carbonyl (C=O) groups excluding carboxylic acids is 1. The fraction of sp³-hybridized carbons (Fsp3) is 0.250. The second-order valence-corrected chi connectivity index (χ2v) is 3.90. The van der Waals surface area contributed by atoms with Crippen molar-refractivity contribution in [2.24, 2.45) is 0 Å². The molecular weight excluding hydrogens is 271 g/mol. The summed E-state index contributed by atoms with van der Waals surface area (Å²) in [4.78, 5) is 32.8. The minimum absolute atomic E-state index is 0.104. The van der Waals surface area contributed by atoms with Gasteiger partial charge in [-0.25, -0.2) is 14.0 Å². The van der Waals surface area contributed by atoms with Crippen LogP contribution in [0.15, 0.2) is 24.3 Å². The van der Waals surface area contributed by atoms with Gasteiger partial charge in [-0.05, 0) is 18.6 Å². The van der Waals surface area contributed by atoms with Gasteiger partial charge in [-0.1, -0.05) is 12.1 Å². The summed E-state index contributed by atoms with van der Waals surface area (Å²) in [6.45, 7) is 0. The van der Waals surface area contributed by atoms with E-state index in [0.717, 1.165) is 6.07 Å². The van der Waals surface area contributed by atoms with Gasteiger partial charge in [0.25, 0.3) is 0 Å². The molecule has 0 aliphatic carbocycles. The molecule has 0 spiro atoms. The van der Waals surface area contributed by atoms with E-state index in [0.29, 0.717) is 0 Å². The van der Waals surface area contributed by atoms with Gasteiger partial charge in [-0.2, -0.15) is 0 Å². The molecule has 0 saturated carbocycles. The topological polar surface area (TPSA) is 116 Å². The predicted molar refractivity (Wildman–Crippen MR) is 66.8 cm³/mol. The Kier molecular flexibility index (Phi) is 5.45. The van der Waals surface area contributed by atoms with Crippen LogP contribution in [0.1, 0.15) is 12.8 Å². The normalized spacial score (nSPS) is 11.4. The number of nitrogens with one attached hydrogen (secondary N) is 2. The molecule has 1 aromatic rings. The Morgan fingerprint density at radius 3 is 2.40 bits per heavy atom. The van der Waals surface area contributed by atoms with E-state index in [1.165, 1.54) is 18.2 Å². The number of carboxylic acid groups (broad SMARTS) is 2. The number of carbonyl (C=O) groups is 3. The van der Waals surface area contributed by atoms with Crippen molar-refractivity contribution < 1.29 is 29.0 Å². The van der Waals surface area contributed by atoms with E-state index < -0.39 is 36.2 Å². The van der Waals surface area contributed by atoms with Crippen LogP contribution >= 0.6 is 0 Å². The number of benzene rings is 1. The highest BCUT2D eigenvalue weighted by Gasteiger charge is 2.21. The highest BCUT2D eigenvalue weighted by molar-refractivity contribution is 5.92. The Balaban J connectivity index is 2.60. The fourth-order valence-corrected chi connectivity index (χ4v) is 1.40. The SMILES string of the molecule is O=C(O)CC[C@H](NC(=O)Nc1ccccc1F)C(=O)O. The molecule has 0 radical (unpaired) electrons. The number of rotatable bonds is 6. The summed E-state index contributed by atoms with van der Waals surface area (Å²) in [5.74, 6) is -3.21. The zero-order valence-corrected chi connectivity index (χ0v) is 10.3. The molecule has 8 heteroatoms. The maximum absolute atomic E-state index is 13.3. The van der Waals surface area contributed by atoms with E-state index in [4.69, 9.17) is 10.2 Å². The van der Waals surface area contributed by atoms with Crippen molar-refractivity contribution in [3.05, 3.63) is 30.1 Å². The standard InChI is InChI=1S/C12H13FN2O5/c13-7-3-1-2-4-8(7)14-12(20)15-9(11(18)19)5-6-10(16)17/h1-4,9H,5-6H2,(H,16,17)(H,18,19)(H2,14,15,20)/t9-/m0/s1. The average molecular weight is 284 g/mol. The summed E-state index contributed by atoms with van der Waals surface area (Å²) in [5, 5.41) is 21.5. The van der Waals surface area contributed by atoms with Gasteiger partial charge in [0.2, 0.25) is 0 Å². The highest BCUT2D eigenvalue weighted by atomic mass is 19.1. The van der Waals surface area contributed by atoms with Crippen LogP contribution in [0, 0.1) is 5.82 Å². The number of anilines is 1. The molecule has 20 heavy (non-hydrogen) atoms. The Morgan fingerprint density at radius 2 is 1.85 bits per heavy atom. The second kappa shape index (κ2) is 7.07. The van der Waals surface area contributed by atoms with Crippen molar-refractivity contribution in [1.29, 1.82) is 0 Å². The molecule has 0 unspecified atom stereocenters. The van der Waals surface area contributed by atoms with Gasteiger partial charge in [0.1, 0.15) is 11.9 Å². The van der Waals surface area contributed by atoms with Crippen LogP contribution in [0.3, 0.4) is 0 Å². The molecule has 1 rings (SSSR count). The molecule has 0 aliphatic rings. The Bertz CT molecular complexity index is 520. The molecule has 0 aliphatic heterocycles. The summed E-state index contributed by atoms with van der Waals surface area (Å²) in [6.07, 6.45) is -0.674. The molecule has 1 atom stereocenters. The molecule has 2 amide bonds. The van der Waals surface area contributed by atoms with E-state index in [1.807, 2.05) is 0 Å². The third kappa shape index (κ3) is 4.92. The number of hydrogen-bond donors (Lipinski definition) is 4. The molecule has 0 saturated heterocycles. The molecule has 7 nitrogen and oxygen atoms in total. The fourth-order valence-electron chi connectivity index (χ4n) is 1.40. The first-order valence-corrected chi connectivity index (χ1v) is 5.67. The smallest absolute Gasteiger partial charge is 0.326 e. The van der Waals surface area contributed by atoms with Crippen LogP contribution in [0.25, 0.3) is 0 Å². The Labute approximate surface area is 113 Å². The predicted octanol–water partition coefficient (Wildman–Crippen LogP) is 1.27. The molecule has 0 aromatic heterocycles. The minimum Gasteiger partial charge on any atom is -0.481 e. The Morgan fingerprint density at radius 1 is 1.20 bits per heavy atom. The van der Waals surface area contributed by atoms with Crippen LogP contribution < -0.4 is 10.6 Å². The van der Waals surface area contributed by atoms with E-state index in [9.17, 15) is 18.8 Å². The lowest BCUT2D eigenvalue weighted by Gasteiger charge is -2.14. The van der Waals surface area contributed by atoms with Gasteiger partial charge < -0.3 is 20.8 Å². The second-order valence-electron chi connectivity index (χ2n) is 3.90. The van der Waals surface area contributed by atoms with Gasteiger partial charge in [0.05, 0.1) is 5.69 Å². The van der Waals surface area contributed by atoms with Crippen molar-refractivity contribution in [3.63, 3.8) is 0 Å². The minimum atomic E-state index is -1.37. The van der Waals surface area contributed by atoms with Gasteiger partial charge in [0, 0.05) is 6.42 Å². The van der Waals surface area contributed by atoms with Crippen LogP contribution in [0.4, 0.5) is 14.9 Å². The number of carboxylic acids is 2. The lowest BCUT2D eigenvalue weighted by molar-refractivity contribution is -0.140. The van der Waals surface area contributed by atoms with E-state index >= 15 is 0 Å². The van der Waals surface area contributed by atoms with Gasteiger partial charge in [0.15, 0.2) is 0 Å². The van der Waals surface area contributed by atoms with Crippen LogP contribution in [0.5, 0.6) is 0 Å². The van der Waals surface area contributed by atoms with Crippen molar-refractivity contribution in [2.75, 3.05) is 5.32 Å². The summed E-state index contributed by atoms with van der Waals surface area (Å²) >= 11 is 0. The van der Waals surface area contributed by atoms with E-state index in [1.54, 1.807) is 0 Å². The maximum atomic E-state index is 13.3. The van der Waals surface area contributed by atoms with Crippen LogP contribution in [-0.2, 0) is 9.59 Å². The summed E-state index contributed by atoms with van der Waals surface area (Å²) < 4.78 is 13.3. The number of hydrogen-bond acceptors (Lipinski definition) is 3. The first-order valence-electron chi connectivity index (χ1n) is 5.67. The zero-order valence-electron chi connectivity index (χ0n) is 10.3. The quantitative estimate of drug-likeness (QED) is 0.627. The first-order chi connectivity index (χ1) is 9.40. The van der Waals surface area contributed by atoms with Crippen LogP contribution in [0.2, 0.25) is 0 Å². The Hall–Kier alpha value is -2.64. The van der Waals surface area contributed by atoms with Gasteiger partial charge in [-0.3, -0.25) is 4.79 Å². The van der Waals surface area contributed by atoms with Crippen molar-refractivity contribution in [2.45, 2.75) is 18.9 Å². The largest absolute Gasteiger partial charge is 0.481 e. The highest BCUT2D eigenvalue weighted by Crippen LogP contribution is 2.12. The first kappa shape index (κ1) is 15.4. The number of para-hydroxylation sites is 1. The molecule has 0 bridgehead atoms. The summed E-state index contributed by atoms with van der Waals surface area (Å²) in [5.41, 5.74) is -0.104. The molecule has 0 fully saturated rings. The maximum Gasteiger partial charge on any atom is 0.326 e. The van der Waals surface area contributed by atoms with E-state index in [2.05, 4.69) is 10.6 Å². The average Bonchev–Trinajstić information content (AvgIpc) is 2.36. The third-order valence-electron chi connectivity index (χ3n) is 2.37. The number of aliphatic carboxylic acids is 2. The third-order valence-corrected chi connectivity index (χ3v) is 2.37. The van der Waals surface area contributed by atoms with E-state index in [-0.39, 0.29) is 12.1 Å². The van der Waals surface area contributed by atoms with Gasteiger partial charge in [-0.15, -0.1) is 0 Å². The summed E-state index contributed by atoms with van der Waals surface area (Å²) in [7, 11) is 0. The lowest BCUT2D eigenvalue weighted by Crippen LogP contribution is -2.43. The molecule has 108 valence electrons. The van der Waals surface area contributed by atoms with Crippen molar-refractivity contribution in [1.82, 2.24) is 5.32 Å². The van der Waals surface area contributed by atoms with Crippen LogP contribution in [-0.4, -0.2) is 34.2 Å². The number of amides is 2. The molecule has 0 heterocycles. The van der Waals surface area contributed by atoms with Crippen molar-refractivity contribution in [3.8, 4) is 0 Å².